The molecule has 0 saturated carbocycles. The number of ketones is 1. The number of ether oxygens (including phenoxy) is 1. The maximum absolute atomic E-state index is 11.4. The van der Waals surface area contributed by atoms with E-state index in [2.05, 4.69) is 26.7 Å². The van der Waals surface area contributed by atoms with Gasteiger partial charge < -0.3 is 20.3 Å². The number of carbonyl (C=O) groups is 1. The molecule has 2 N–H and O–H groups in total. The van der Waals surface area contributed by atoms with Crippen molar-refractivity contribution in [1.82, 2.24) is 14.9 Å². The van der Waals surface area contributed by atoms with Crippen LogP contribution in [-0.4, -0.2) is 53.4 Å². The second-order valence-electron chi connectivity index (χ2n) is 6.42. The fourth-order valence-corrected chi connectivity index (χ4v) is 3.01. The van der Waals surface area contributed by atoms with E-state index in [4.69, 9.17) is 10.5 Å². The summed E-state index contributed by atoms with van der Waals surface area (Å²) in [6.45, 7) is 10.3. The van der Waals surface area contributed by atoms with Crippen LogP contribution in [0.1, 0.15) is 30.0 Å². The first-order valence-electron chi connectivity index (χ1n) is 8.88. The van der Waals surface area contributed by atoms with Gasteiger partial charge in [0.05, 0.1) is 0 Å². The first-order chi connectivity index (χ1) is 12.5. The maximum Gasteiger partial charge on any atom is 0.248 e. The van der Waals surface area contributed by atoms with Crippen LogP contribution >= 0.6 is 0 Å². The molecule has 1 fully saturated rings. The number of nitrogens with zero attached hydrogens (tertiary/aromatic N) is 4. The molecule has 0 aliphatic carbocycles. The molecule has 0 unspecified atom stereocenters. The molecule has 0 radical (unpaired) electrons. The predicted molar refractivity (Wildman–Crippen MR) is 102 cm³/mol. The quantitative estimate of drug-likeness (QED) is 0.825. The summed E-state index contributed by atoms with van der Waals surface area (Å²) in [6.07, 6.45) is 0. The number of hydrogen-bond acceptors (Lipinski definition) is 7. The van der Waals surface area contributed by atoms with Crippen LogP contribution in [0.15, 0.2) is 24.3 Å². The highest BCUT2D eigenvalue weighted by Gasteiger charge is 2.22. The molecule has 0 spiro atoms. The molecular formula is C19H25N5O2. The standard InChI is InChI=1S/C19H25N5O2/c1-4-23-9-11-24(12-10-23)18-17(20)19(22-14(3)21-18)26-16-7-5-15(6-8-16)13(2)25/h5-8H,4,9-12,20H2,1-3H3. The highest BCUT2D eigenvalue weighted by Crippen LogP contribution is 2.32. The number of nitrogen functional groups attached to an aromatic ring is 1. The molecule has 1 aliphatic rings. The molecule has 0 amide bonds. The number of likely N-dealkylation sites (N-methyl/N-ethyl adjacent to an activating group) is 1. The maximum atomic E-state index is 11.4. The summed E-state index contributed by atoms with van der Waals surface area (Å²) in [4.78, 5) is 24.9. The molecule has 1 aromatic carbocycles. The topological polar surface area (TPSA) is 84.6 Å². The summed E-state index contributed by atoms with van der Waals surface area (Å²) < 4.78 is 5.87. The van der Waals surface area contributed by atoms with Gasteiger partial charge in [0.2, 0.25) is 5.88 Å². The van der Waals surface area contributed by atoms with Crippen LogP contribution < -0.4 is 15.4 Å². The summed E-state index contributed by atoms with van der Waals surface area (Å²) in [5.74, 6) is 2.29. The number of nitrogens with two attached hydrogens (primary N) is 1. The van der Waals surface area contributed by atoms with Crippen molar-refractivity contribution in [3.63, 3.8) is 0 Å². The van der Waals surface area contributed by atoms with Crippen molar-refractivity contribution in [1.29, 1.82) is 0 Å². The summed E-state index contributed by atoms with van der Waals surface area (Å²) >= 11 is 0. The SMILES string of the molecule is CCN1CCN(c2nc(C)nc(Oc3ccc(C(C)=O)cc3)c2N)CC1. The number of rotatable bonds is 5. The van der Waals surface area contributed by atoms with Crippen LogP contribution in [0.3, 0.4) is 0 Å². The normalized spacial score (nSPS) is 15.1. The van der Waals surface area contributed by atoms with Gasteiger partial charge in [0.15, 0.2) is 11.6 Å². The van der Waals surface area contributed by atoms with Crippen LogP contribution in [0, 0.1) is 6.92 Å². The average Bonchev–Trinajstić information content (AvgIpc) is 2.65. The number of aryl methyl sites for hydroxylation is 1. The Hall–Kier alpha value is -2.67. The van der Waals surface area contributed by atoms with Crippen LogP contribution in [0.2, 0.25) is 0 Å². The van der Waals surface area contributed by atoms with E-state index in [1.54, 1.807) is 24.3 Å². The van der Waals surface area contributed by atoms with Crippen molar-refractivity contribution in [3.05, 3.63) is 35.7 Å². The first-order valence-corrected chi connectivity index (χ1v) is 8.88. The minimum Gasteiger partial charge on any atom is -0.437 e. The Morgan fingerprint density at radius 3 is 2.38 bits per heavy atom. The van der Waals surface area contributed by atoms with Crippen molar-refractivity contribution in [3.8, 4) is 11.6 Å². The number of benzene rings is 1. The lowest BCUT2D eigenvalue weighted by Gasteiger charge is -2.35. The van der Waals surface area contributed by atoms with E-state index in [0.717, 1.165) is 38.5 Å². The van der Waals surface area contributed by atoms with E-state index >= 15 is 0 Å². The first kappa shape index (κ1) is 18.1. The lowest BCUT2D eigenvalue weighted by molar-refractivity contribution is 0.101. The summed E-state index contributed by atoms with van der Waals surface area (Å²) in [7, 11) is 0. The molecule has 1 aliphatic heterocycles. The fraction of sp³-hybridized carbons (Fsp3) is 0.421. The van der Waals surface area contributed by atoms with E-state index in [1.165, 1.54) is 6.92 Å². The molecule has 138 valence electrons. The van der Waals surface area contributed by atoms with E-state index in [0.29, 0.717) is 28.7 Å². The zero-order valence-electron chi connectivity index (χ0n) is 15.5. The Balaban J connectivity index is 1.82. The van der Waals surface area contributed by atoms with Crippen molar-refractivity contribution in [2.45, 2.75) is 20.8 Å². The van der Waals surface area contributed by atoms with Gasteiger partial charge in [-0.25, -0.2) is 4.98 Å². The lowest BCUT2D eigenvalue weighted by atomic mass is 10.1. The van der Waals surface area contributed by atoms with E-state index in [9.17, 15) is 4.79 Å². The van der Waals surface area contributed by atoms with Gasteiger partial charge in [0.1, 0.15) is 17.3 Å². The summed E-state index contributed by atoms with van der Waals surface area (Å²) in [5, 5.41) is 0. The van der Waals surface area contributed by atoms with E-state index in [-0.39, 0.29) is 5.78 Å². The highest BCUT2D eigenvalue weighted by atomic mass is 16.5. The Morgan fingerprint density at radius 2 is 1.81 bits per heavy atom. The molecule has 2 heterocycles. The molecule has 3 rings (SSSR count). The molecular weight excluding hydrogens is 330 g/mol. The van der Waals surface area contributed by atoms with Crippen molar-refractivity contribution in [2.24, 2.45) is 0 Å². The van der Waals surface area contributed by atoms with Gasteiger partial charge in [0.25, 0.3) is 0 Å². The molecule has 26 heavy (non-hydrogen) atoms. The Kier molecular flexibility index (Phi) is 5.37. The zero-order chi connectivity index (χ0) is 18.7. The monoisotopic (exact) mass is 355 g/mol. The fourth-order valence-electron chi connectivity index (χ4n) is 3.01. The van der Waals surface area contributed by atoms with Gasteiger partial charge in [-0.15, -0.1) is 0 Å². The number of Topliss-reactive ketones (excluding diaryl/α,β-unsaturated/α-hetero) is 1. The van der Waals surface area contributed by atoms with E-state index < -0.39 is 0 Å². The lowest BCUT2D eigenvalue weighted by Crippen LogP contribution is -2.46. The zero-order valence-corrected chi connectivity index (χ0v) is 15.5. The van der Waals surface area contributed by atoms with Crippen molar-refractivity contribution in [2.75, 3.05) is 43.4 Å². The minimum absolute atomic E-state index is 0.0162. The number of anilines is 2. The molecule has 7 heteroatoms. The van der Waals surface area contributed by atoms with Gasteiger partial charge in [-0.2, -0.15) is 4.98 Å². The van der Waals surface area contributed by atoms with Crippen molar-refractivity contribution < 1.29 is 9.53 Å². The molecule has 7 nitrogen and oxygen atoms in total. The van der Waals surface area contributed by atoms with Crippen LogP contribution in [0.4, 0.5) is 11.5 Å². The van der Waals surface area contributed by atoms with Crippen molar-refractivity contribution >= 4 is 17.3 Å². The van der Waals surface area contributed by atoms with Gasteiger partial charge in [-0.3, -0.25) is 4.79 Å². The van der Waals surface area contributed by atoms with Gasteiger partial charge in [-0.1, -0.05) is 6.92 Å². The average molecular weight is 355 g/mol. The Morgan fingerprint density at radius 1 is 1.15 bits per heavy atom. The van der Waals surface area contributed by atoms with Gasteiger partial charge in [-0.05, 0) is 44.7 Å². The predicted octanol–water partition coefficient (Wildman–Crippen LogP) is 2.50. The summed E-state index contributed by atoms with van der Waals surface area (Å²) in [5.41, 5.74) is 7.40. The number of aromatic nitrogens is 2. The molecule has 0 bridgehead atoms. The third-order valence-corrected chi connectivity index (χ3v) is 4.60. The molecule has 2 aromatic rings. The Labute approximate surface area is 153 Å². The second-order valence-corrected chi connectivity index (χ2v) is 6.42. The smallest absolute Gasteiger partial charge is 0.248 e. The second kappa shape index (κ2) is 7.70. The van der Waals surface area contributed by atoms with Crippen LogP contribution in [0.5, 0.6) is 11.6 Å². The molecule has 1 aromatic heterocycles. The minimum atomic E-state index is 0.0162. The van der Waals surface area contributed by atoms with E-state index in [1.807, 2.05) is 6.92 Å². The third kappa shape index (κ3) is 3.94. The summed E-state index contributed by atoms with van der Waals surface area (Å²) in [6, 6.07) is 6.94. The van der Waals surface area contributed by atoms with Crippen LogP contribution in [-0.2, 0) is 0 Å². The van der Waals surface area contributed by atoms with Gasteiger partial charge >= 0.3 is 0 Å². The third-order valence-electron chi connectivity index (χ3n) is 4.60. The Bertz CT molecular complexity index is 783. The molecule has 1 saturated heterocycles. The van der Waals surface area contributed by atoms with Crippen LogP contribution in [0.25, 0.3) is 0 Å². The number of hydrogen-bond donors (Lipinski definition) is 1. The van der Waals surface area contributed by atoms with Gasteiger partial charge in [0, 0.05) is 31.7 Å². The number of carbonyl (C=O) groups excluding carboxylic acids is 1. The number of piperazine rings is 1. The molecule has 0 atom stereocenters. The largest absolute Gasteiger partial charge is 0.437 e. The highest BCUT2D eigenvalue weighted by molar-refractivity contribution is 5.94.